The fourth-order valence-corrected chi connectivity index (χ4v) is 6.74. The van der Waals surface area contributed by atoms with Gasteiger partial charge >= 0.3 is 17.9 Å². The van der Waals surface area contributed by atoms with Crippen molar-refractivity contribution in [2.24, 2.45) is 0 Å². The van der Waals surface area contributed by atoms with Crippen LogP contribution >= 0.6 is 0 Å². The molecule has 0 bridgehead atoms. The highest BCUT2D eigenvalue weighted by atomic mass is 16.7. The minimum absolute atomic E-state index is 0.000459. The molecule has 9 N–H and O–H groups in total. The molecular weight excluding hydrogens is 752 g/mol. The molecule has 0 saturated carbocycles. The molecule has 1 aromatic carbocycles. The Morgan fingerprint density at radius 1 is 0.807 bits per heavy atom. The fourth-order valence-electron chi connectivity index (χ4n) is 6.74. The minimum Gasteiger partial charge on any atom is -0.507 e. The number of rotatable bonds is 29. The molecule has 0 aliphatic carbocycles. The van der Waals surface area contributed by atoms with Crippen LogP contribution in [0.5, 0.6) is 5.75 Å². The highest BCUT2D eigenvalue weighted by Gasteiger charge is 2.49. The number of aliphatic hydroxyl groups excluding tert-OH is 7. The summed E-state index contributed by atoms with van der Waals surface area (Å²) in [5.74, 6) is -3.71. The van der Waals surface area contributed by atoms with E-state index in [-0.39, 0.29) is 23.5 Å². The lowest BCUT2D eigenvalue weighted by Gasteiger charge is -2.42. The van der Waals surface area contributed by atoms with Crippen molar-refractivity contribution in [1.82, 2.24) is 0 Å². The molecule has 1 heterocycles. The topological polar surface area (TPSA) is 287 Å². The minimum atomic E-state index is -2.22. The van der Waals surface area contributed by atoms with Gasteiger partial charge in [-0.3, -0.25) is 9.59 Å². The lowest BCUT2D eigenvalue weighted by Crippen LogP contribution is -2.62. The lowest BCUT2D eigenvalue weighted by atomic mass is 9.98. The number of phenols is 1. The van der Waals surface area contributed by atoms with E-state index in [1.54, 1.807) is 13.0 Å². The number of aromatic carboxylic acids is 1. The average Bonchev–Trinajstić information content (AvgIpc) is 3.16. The summed E-state index contributed by atoms with van der Waals surface area (Å²) < 4.78 is 21.0. The van der Waals surface area contributed by atoms with Crippen LogP contribution in [-0.2, 0) is 39.8 Å². The monoisotopic (exact) mass is 816 g/mol. The Labute approximate surface area is 333 Å². The Kier molecular flexibility index (Phi) is 23.4. The van der Waals surface area contributed by atoms with Crippen LogP contribution in [0, 0.1) is 0 Å². The Bertz CT molecular complexity index is 1360. The maximum Gasteiger partial charge on any atom is 0.339 e. The van der Waals surface area contributed by atoms with Gasteiger partial charge in [-0.15, -0.1) is 0 Å². The summed E-state index contributed by atoms with van der Waals surface area (Å²) in [7, 11) is 0. The number of carbonyl (C=O) groups is 4. The molecule has 17 nitrogen and oxygen atoms in total. The maximum absolute atomic E-state index is 12.5. The van der Waals surface area contributed by atoms with Crippen molar-refractivity contribution < 1.29 is 84.1 Å². The van der Waals surface area contributed by atoms with Crippen molar-refractivity contribution in [1.29, 1.82) is 0 Å². The van der Waals surface area contributed by atoms with E-state index in [9.17, 15) is 65.1 Å². The molecule has 57 heavy (non-hydrogen) atoms. The van der Waals surface area contributed by atoms with Crippen molar-refractivity contribution in [3.05, 3.63) is 29.3 Å². The first-order chi connectivity index (χ1) is 27.1. The van der Waals surface area contributed by atoms with E-state index in [4.69, 9.17) is 18.9 Å². The van der Waals surface area contributed by atoms with E-state index in [1.807, 2.05) is 0 Å². The summed E-state index contributed by atoms with van der Waals surface area (Å²) in [6.07, 6.45) is -2.88. The smallest absolute Gasteiger partial charge is 0.339 e. The first-order valence-electron chi connectivity index (χ1n) is 20.0. The second-order valence-corrected chi connectivity index (χ2v) is 14.8. The Morgan fingerprint density at radius 2 is 1.37 bits per heavy atom. The summed E-state index contributed by atoms with van der Waals surface area (Å²) in [6.45, 7) is 0.896. The SMILES string of the molecule is CC(=O)OC1C(O)[C@H](O)C(CO)O[C@H]1O[C@H](CO)[C@@H](O)[C@H](O)[C@H](O)C(=O)OC(C)CCCCCCCCCCCCCCCC(=O)Cc1cccc(O)c1C(=O)O. The van der Waals surface area contributed by atoms with Crippen molar-refractivity contribution in [3.8, 4) is 5.75 Å². The van der Waals surface area contributed by atoms with E-state index in [0.717, 1.165) is 90.4 Å². The third-order valence-electron chi connectivity index (χ3n) is 10.0. The fraction of sp³-hybridized carbons (Fsp3) is 0.750. The molecule has 10 atom stereocenters. The van der Waals surface area contributed by atoms with Crippen molar-refractivity contribution in [2.45, 2.75) is 178 Å². The number of hydrogen-bond donors (Lipinski definition) is 9. The van der Waals surface area contributed by atoms with Gasteiger partial charge in [-0.05, 0) is 37.8 Å². The van der Waals surface area contributed by atoms with Gasteiger partial charge in [-0.1, -0.05) is 82.8 Å². The summed E-state index contributed by atoms with van der Waals surface area (Å²) >= 11 is 0. The van der Waals surface area contributed by atoms with Gasteiger partial charge in [0.1, 0.15) is 53.7 Å². The van der Waals surface area contributed by atoms with Crippen LogP contribution in [-0.4, -0.2) is 144 Å². The van der Waals surface area contributed by atoms with E-state index >= 15 is 0 Å². The number of carboxylic acid groups (broad SMARTS) is 1. The largest absolute Gasteiger partial charge is 0.507 e. The van der Waals surface area contributed by atoms with Gasteiger partial charge in [-0.25, -0.2) is 9.59 Å². The molecule has 4 unspecified atom stereocenters. The first-order valence-corrected chi connectivity index (χ1v) is 20.0. The number of Topliss-reactive ketones (excluding diaryl/α,β-unsaturated/α-hetero) is 1. The van der Waals surface area contributed by atoms with Crippen LogP contribution in [0.4, 0.5) is 0 Å². The summed E-state index contributed by atoms with van der Waals surface area (Å²) in [4.78, 5) is 47.8. The second kappa shape index (κ2) is 26.7. The standard InChI is InChI=1S/C40H64O17/c1-24(54-39(53)36(50)34(48)32(46)29(22-41)56-40-37(55-25(2)43)35(49)33(47)30(23-42)57-40)17-14-12-10-8-6-4-3-5-7-9-11-13-15-19-27(44)21-26-18-16-20-28(45)31(26)38(51)52/h16,18,20,24,29-30,32-37,40-42,45-50H,3-15,17,19,21-23H2,1-2H3,(H,51,52)/t24?,29-,30?,32-,33-,34+,35?,36+,37?,40-/m1/s1. The highest BCUT2D eigenvalue weighted by molar-refractivity contribution is 5.94. The molecule has 0 amide bonds. The van der Waals surface area contributed by atoms with Crippen LogP contribution in [0.15, 0.2) is 18.2 Å². The number of aliphatic hydroxyl groups is 7. The number of ketones is 1. The maximum atomic E-state index is 12.5. The molecule has 0 aromatic heterocycles. The zero-order chi connectivity index (χ0) is 42.5. The molecule has 2 rings (SSSR count). The molecule has 1 aromatic rings. The summed E-state index contributed by atoms with van der Waals surface area (Å²) in [6, 6.07) is 4.39. The number of carboxylic acids is 1. The van der Waals surface area contributed by atoms with Crippen LogP contribution in [0.3, 0.4) is 0 Å². The van der Waals surface area contributed by atoms with Gasteiger partial charge in [0.05, 0.1) is 19.3 Å². The number of ether oxygens (including phenoxy) is 4. The zero-order valence-electron chi connectivity index (χ0n) is 33.0. The molecule has 1 aliphatic rings. The second-order valence-electron chi connectivity index (χ2n) is 14.8. The van der Waals surface area contributed by atoms with Crippen molar-refractivity contribution >= 4 is 23.7 Å². The number of hydrogen-bond acceptors (Lipinski definition) is 16. The van der Waals surface area contributed by atoms with Crippen LogP contribution < -0.4 is 0 Å². The van der Waals surface area contributed by atoms with Gasteiger partial charge in [0, 0.05) is 19.8 Å². The molecule has 1 saturated heterocycles. The number of benzene rings is 1. The van der Waals surface area contributed by atoms with Gasteiger partial charge in [-0.2, -0.15) is 0 Å². The quantitative estimate of drug-likeness (QED) is 0.0412. The van der Waals surface area contributed by atoms with Gasteiger partial charge in [0.25, 0.3) is 0 Å². The average molecular weight is 817 g/mol. The molecule has 1 fully saturated rings. The summed E-state index contributed by atoms with van der Waals surface area (Å²) in [5, 5.41) is 90.4. The van der Waals surface area contributed by atoms with Crippen molar-refractivity contribution in [2.75, 3.05) is 13.2 Å². The van der Waals surface area contributed by atoms with Gasteiger partial charge in [0.15, 0.2) is 18.5 Å². The number of carbonyl (C=O) groups excluding carboxylic acids is 3. The molecule has 0 spiro atoms. The molecular formula is C40H64O17. The molecule has 326 valence electrons. The Balaban J connectivity index is 1.55. The third-order valence-corrected chi connectivity index (χ3v) is 10.0. The van der Waals surface area contributed by atoms with E-state index in [1.165, 1.54) is 12.1 Å². The van der Waals surface area contributed by atoms with Gasteiger partial charge in [0.2, 0.25) is 0 Å². The highest BCUT2D eigenvalue weighted by Crippen LogP contribution is 2.27. The normalized spacial score (nSPS) is 22.2. The molecule has 1 aliphatic heterocycles. The lowest BCUT2D eigenvalue weighted by molar-refractivity contribution is -0.324. The van der Waals surface area contributed by atoms with Crippen molar-refractivity contribution in [3.63, 3.8) is 0 Å². The predicted molar refractivity (Wildman–Crippen MR) is 202 cm³/mol. The van der Waals surface area contributed by atoms with Crippen LogP contribution in [0.25, 0.3) is 0 Å². The van der Waals surface area contributed by atoms with Crippen LogP contribution in [0.1, 0.15) is 126 Å². The summed E-state index contributed by atoms with van der Waals surface area (Å²) in [5.41, 5.74) is 0.119. The third kappa shape index (κ3) is 17.2. The predicted octanol–water partition coefficient (Wildman–Crippen LogP) is 1.82. The van der Waals surface area contributed by atoms with Crippen LogP contribution in [0.2, 0.25) is 0 Å². The Morgan fingerprint density at radius 3 is 1.89 bits per heavy atom. The zero-order valence-corrected chi connectivity index (χ0v) is 33.0. The molecule has 17 heteroatoms. The first kappa shape index (κ1) is 49.9. The number of aromatic hydroxyl groups is 1. The van der Waals surface area contributed by atoms with E-state index in [2.05, 4.69) is 0 Å². The molecule has 0 radical (unpaired) electrons. The Hall–Kier alpha value is -3.26. The number of unbranched alkanes of at least 4 members (excludes halogenated alkanes) is 12. The van der Waals surface area contributed by atoms with E-state index < -0.39 is 92.3 Å². The van der Waals surface area contributed by atoms with Gasteiger partial charge < -0.3 is 64.9 Å². The van der Waals surface area contributed by atoms with E-state index in [0.29, 0.717) is 18.4 Å². The number of esters is 2.